The first-order valence-corrected chi connectivity index (χ1v) is 10.2. The van der Waals surface area contributed by atoms with Gasteiger partial charge >= 0.3 is 0 Å². The number of aromatic nitrogens is 1. The lowest BCUT2D eigenvalue weighted by molar-refractivity contribution is 0.192. The summed E-state index contributed by atoms with van der Waals surface area (Å²) in [6.07, 6.45) is 3.54. The van der Waals surface area contributed by atoms with Gasteiger partial charge in [-0.05, 0) is 37.6 Å². The Morgan fingerprint density at radius 1 is 1.19 bits per heavy atom. The molecule has 1 unspecified atom stereocenters. The van der Waals surface area contributed by atoms with Crippen molar-refractivity contribution in [3.05, 3.63) is 60.4 Å². The highest BCUT2D eigenvalue weighted by atomic mass is 32.2. The summed E-state index contributed by atoms with van der Waals surface area (Å²) >= 11 is 0. The van der Waals surface area contributed by atoms with Gasteiger partial charge in [-0.1, -0.05) is 24.3 Å². The number of fused-ring (bicyclic) bond motifs is 1. The third-order valence-electron chi connectivity index (χ3n) is 4.61. The minimum absolute atomic E-state index is 0.0273. The lowest BCUT2D eigenvalue weighted by atomic mass is 10.1. The fourth-order valence-electron chi connectivity index (χ4n) is 3.38. The molecule has 3 heterocycles. The van der Waals surface area contributed by atoms with Gasteiger partial charge in [0.05, 0.1) is 5.69 Å². The number of para-hydroxylation sites is 1. The number of rotatable bonds is 5. The van der Waals surface area contributed by atoms with Crippen molar-refractivity contribution >= 4 is 21.0 Å². The van der Waals surface area contributed by atoms with Gasteiger partial charge in [-0.2, -0.15) is 0 Å². The number of nitrogens with zero attached hydrogens (tertiary/aromatic N) is 2. The van der Waals surface area contributed by atoms with Gasteiger partial charge in [0.2, 0.25) is 5.09 Å². The Kier molecular flexibility index (Phi) is 4.76. The predicted octanol–water partition coefficient (Wildman–Crippen LogP) is 2.77. The van der Waals surface area contributed by atoms with Crippen LogP contribution in [0, 0.1) is 0 Å². The molecule has 1 atom stereocenters. The molecular weight excluding hydrogens is 350 g/mol. The van der Waals surface area contributed by atoms with Gasteiger partial charge < -0.3 is 4.42 Å². The van der Waals surface area contributed by atoms with Crippen LogP contribution in [0.3, 0.4) is 0 Å². The zero-order valence-electron chi connectivity index (χ0n) is 14.3. The van der Waals surface area contributed by atoms with E-state index in [4.69, 9.17) is 4.42 Å². The summed E-state index contributed by atoms with van der Waals surface area (Å²) in [4.78, 5) is 6.58. The van der Waals surface area contributed by atoms with Crippen molar-refractivity contribution in [1.29, 1.82) is 0 Å². The predicted molar refractivity (Wildman–Crippen MR) is 99.1 cm³/mol. The van der Waals surface area contributed by atoms with Crippen LogP contribution in [0.2, 0.25) is 0 Å². The Hall–Kier alpha value is -2.22. The molecule has 0 bridgehead atoms. The summed E-state index contributed by atoms with van der Waals surface area (Å²) in [7, 11) is -3.68. The molecule has 1 aromatic carbocycles. The molecule has 1 saturated heterocycles. The molecule has 0 radical (unpaired) electrons. The zero-order valence-corrected chi connectivity index (χ0v) is 15.2. The Bertz CT molecular complexity index is 952. The number of sulfonamides is 1. The Morgan fingerprint density at radius 2 is 2.04 bits per heavy atom. The minimum atomic E-state index is -3.68. The average molecular weight is 371 g/mol. The van der Waals surface area contributed by atoms with Gasteiger partial charge in [0, 0.05) is 36.8 Å². The molecule has 1 N–H and O–H groups in total. The van der Waals surface area contributed by atoms with E-state index < -0.39 is 10.0 Å². The molecule has 0 aliphatic carbocycles. The first-order valence-electron chi connectivity index (χ1n) is 8.73. The molecule has 3 aromatic rings. The number of hydrogen-bond acceptors (Lipinski definition) is 5. The lowest BCUT2D eigenvalue weighted by Gasteiger charge is -2.32. The molecule has 1 aliphatic rings. The van der Waals surface area contributed by atoms with Crippen molar-refractivity contribution < 1.29 is 12.8 Å². The van der Waals surface area contributed by atoms with E-state index in [1.807, 2.05) is 36.4 Å². The highest BCUT2D eigenvalue weighted by Crippen LogP contribution is 2.23. The summed E-state index contributed by atoms with van der Waals surface area (Å²) in [6.45, 7) is 2.33. The molecule has 2 aromatic heterocycles. The van der Waals surface area contributed by atoms with Crippen molar-refractivity contribution in [3.63, 3.8) is 0 Å². The van der Waals surface area contributed by atoms with E-state index in [9.17, 15) is 8.42 Å². The monoisotopic (exact) mass is 371 g/mol. The van der Waals surface area contributed by atoms with Crippen LogP contribution in [-0.4, -0.2) is 37.4 Å². The summed E-state index contributed by atoms with van der Waals surface area (Å²) < 4.78 is 33.7. The van der Waals surface area contributed by atoms with Crippen LogP contribution in [-0.2, 0) is 16.6 Å². The van der Waals surface area contributed by atoms with Gasteiger partial charge in [0.25, 0.3) is 10.0 Å². The second kappa shape index (κ2) is 7.19. The fraction of sp³-hybridized carbons (Fsp3) is 0.316. The van der Waals surface area contributed by atoms with Gasteiger partial charge in [-0.3, -0.25) is 9.88 Å². The summed E-state index contributed by atoms with van der Waals surface area (Å²) in [5.74, 6) is 0. The highest BCUT2D eigenvalue weighted by Gasteiger charge is 2.27. The maximum Gasteiger partial charge on any atom is 0.274 e. The first-order chi connectivity index (χ1) is 12.6. The van der Waals surface area contributed by atoms with Crippen LogP contribution in [0.5, 0.6) is 0 Å². The molecule has 136 valence electrons. The smallest absolute Gasteiger partial charge is 0.274 e. The molecule has 1 aliphatic heterocycles. The number of pyridine rings is 1. The van der Waals surface area contributed by atoms with E-state index in [-0.39, 0.29) is 11.1 Å². The number of nitrogens with one attached hydrogen (secondary N) is 1. The average Bonchev–Trinajstić information content (AvgIpc) is 3.08. The van der Waals surface area contributed by atoms with E-state index in [0.717, 1.165) is 37.0 Å². The van der Waals surface area contributed by atoms with Crippen molar-refractivity contribution in [2.45, 2.75) is 30.5 Å². The molecule has 7 heteroatoms. The van der Waals surface area contributed by atoms with Gasteiger partial charge in [-0.15, -0.1) is 0 Å². The number of benzene rings is 1. The number of hydrogen-bond donors (Lipinski definition) is 1. The van der Waals surface area contributed by atoms with Crippen molar-refractivity contribution in [2.24, 2.45) is 0 Å². The van der Waals surface area contributed by atoms with Gasteiger partial charge in [0.1, 0.15) is 5.58 Å². The van der Waals surface area contributed by atoms with Crippen LogP contribution in [0.25, 0.3) is 11.0 Å². The van der Waals surface area contributed by atoms with Crippen LogP contribution >= 0.6 is 0 Å². The quantitative estimate of drug-likeness (QED) is 0.746. The second-order valence-electron chi connectivity index (χ2n) is 6.62. The molecule has 1 fully saturated rings. The molecule has 0 amide bonds. The van der Waals surface area contributed by atoms with E-state index >= 15 is 0 Å². The SMILES string of the molecule is O=S(=O)(NC1CCCN(Cc2ccccn2)C1)c1cc2ccccc2o1. The lowest BCUT2D eigenvalue weighted by Crippen LogP contribution is -2.47. The first kappa shape index (κ1) is 17.2. The van der Waals surface area contributed by atoms with E-state index in [2.05, 4.69) is 14.6 Å². The van der Waals surface area contributed by atoms with Crippen LogP contribution in [0.4, 0.5) is 0 Å². The molecule has 26 heavy (non-hydrogen) atoms. The number of furan rings is 1. The largest absolute Gasteiger partial charge is 0.443 e. The van der Waals surface area contributed by atoms with E-state index in [1.165, 1.54) is 0 Å². The molecule has 0 spiro atoms. The van der Waals surface area contributed by atoms with Crippen molar-refractivity contribution in [3.8, 4) is 0 Å². The maximum atomic E-state index is 12.7. The normalized spacial score (nSPS) is 19.0. The number of likely N-dealkylation sites (tertiary alicyclic amines) is 1. The molecule has 4 rings (SSSR count). The summed E-state index contributed by atoms with van der Waals surface area (Å²) in [6, 6.07) is 14.6. The van der Waals surface area contributed by atoms with Crippen LogP contribution < -0.4 is 4.72 Å². The summed E-state index contributed by atoms with van der Waals surface area (Å²) in [5.41, 5.74) is 1.57. The molecular formula is C19H21N3O3S. The highest BCUT2D eigenvalue weighted by molar-refractivity contribution is 7.89. The van der Waals surface area contributed by atoms with Crippen molar-refractivity contribution in [2.75, 3.05) is 13.1 Å². The summed E-state index contributed by atoms with van der Waals surface area (Å²) in [5, 5.41) is 0.758. The minimum Gasteiger partial charge on any atom is -0.443 e. The van der Waals surface area contributed by atoms with Crippen LogP contribution in [0.1, 0.15) is 18.5 Å². The zero-order chi connectivity index (χ0) is 18.0. The Morgan fingerprint density at radius 3 is 2.85 bits per heavy atom. The van der Waals surface area contributed by atoms with Crippen molar-refractivity contribution in [1.82, 2.24) is 14.6 Å². The third-order valence-corrected chi connectivity index (χ3v) is 5.98. The third kappa shape index (κ3) is 3.80. The van der Waals surface area contributed by atoms with Gasteiger partial charge in [0.15, 0.2) is 0 Å². The van der Waals surface area contributed by atoms with E-state index in [1.54, 1.807) is 18.3 Å². The Balaban J connectivity index is 1.45. The fourth-order valence-corrected chi connectivity index (χ4v) is 4.61. The standard InChI is InChI=1S/C19H21N3O3S/c23-26(24,19-12-15-6-1-2-9-18(15)25-19)21-17-8-5-11-22(14-17)13-16-7-3-4-10-20-16/h1-4,6-7,9-10,12,17,21H,5,8,11,13-14H2. The van der Waals surface area contributed by atoms with Gasteiger partial charge in [-0.25, -0.2) is 13.1 Å². The number of piperidine rings is 1. The van der Waals surface area contributed by atoms with Crippen LogP contribution in [0.15, 0.2) is 64.2 Å². The Labute approximate surface area is 152 Å². The molecule has 0 saturated carbocycles. The second-order valence-corrected chi connectivity index (χ2v) is 8.26. The van der Waals surface area contributed by atoms with E-state index in [0.29, 0.717) is 12.1 Å². The maximum absolute atomic E-state index is 12.7. The molecule has 6 nitrogen and oxygen atoms in total. The topological polar surface area (TPSA) is 75.4 Å².